The third kappa shape index (κ3) is 6.51. The molecule has 60 valence electrons. The Labute approximate surface area is 65.4 Å². The summed E-state index contributed by atoms with van der Waals surface area (Å²) < 4.78 is 4.31. The number of hydrogen-bond donors (Lipinski definition) is 0. The number of allylic oxidation sites excluding steroid dienone is 3. The fourth-order valence-corrected chi connectivity index (χ4v) is 0.393. The first-order valence-electron chi connectivity index (χ1n) is 3.10. The molecule has 0 unspecified atom stereocenters. The van der Waals surface area contributed by atoms with Crippen LogP contribution in [0.4, 0.5) is 0 Å². The summed E-state index contributed by atoms with van der Waals surface area (Å²) in [5, 5.41) is 0. The first-order valence-corrected chi connectivity index (χ1v) is 3.10. The van der Waals surface area contributed by atoms with Gasteiger partial charge in [0, 0.05) is 6.08 Å². The van der Waals surface area contributed by atoms with Gasteiger partial charge in [-0.05, 0) is 13.0 Å². The summed E-state index contributed by atoms with van der Waals surface area (Å²) in [4.78, 5) is 20.7. The van der Waals surface area contributed by atoms with E-state index in [1.165, 1.54) is 38.3 Å². The van der Waals surface area contributed by atoms with E-state index in [0.717, 1.165) is 0 Å². The van der Waals surface area contributed by atoms with E-state index in [-0.39, 0.29) is 5.78 Å². The molecule has 0 spiro atoms. The lowest BCUT2D eigenvalue weighted by atomic mass is 10.3. The molecule has 3 nitrogen and oxygen atoms in total. The van der Waals surface area contributed by atoms with E-state index in [1.54, 1.807) is 0 Å². The van der Waals surface area contributed by atoms with Gasteiger partial charge in [-0.25, -0.2) is 4.79 Å². The normalized spacial score (nSPS) is 10.7. The van der Waals surface area contributed by atoms with E-state index in [2.05, 4.69) is 4.74 Å². The molecule has 0 aliphatic carbocycles. The van der Waals surface area contributed by atoms with Crippen molar-refractivity contribution >= 4 is 11.8 Å². The van der Waals surface area contributed by atoms with E-state index in [0.29, 0.717) is 0 Å². The Morgan fingerprint density at radius 2 is 1.73 bits per heavy atom. The van der Waals surface area contributed by atoms with Crippen LogP contribution in [0.5, 0.6) is 0 Å². The first kappa shape index (κ1) is 9.62. The number of methoxy groups -OCH3 is 1. The van der Waals surface area contributed by atoms with Crippen molar-refractivity contribution in [1.29, 1.82) is 0 Å². The van der Waals surface area contributed by atoms with Crippen molar-refractivity contribution in [1.82, 2.24) is 0 Å². The molecule has 0 saturated carbocycles. The van der Waals surface area contributed by atoms with Crippen LogP contribution in [0.1, 0.15) is 6.92 Å². The average Bonchev–Trinajstić information content (AvgIpc) is 1.97. The second kappa shape index (κ2) is 5.41. The van der Waals surface area contributed by atoms with E-state index < -0.39 is 5.97 Å². The molecule has 0 aliphatic heterocycles. The Hall–Kier alpha value is -1.38. The van der Waals surface area contributed by atoms with E-state index in [9.17, 15) is 9.59 Å². The van der Waals surface area contributed by atoms with Crippen LogP contribution in [0.25, 0.3) is 0 Å². The highest BCUT2D eigenvalue weighted by molar-refractivity contribution is 5.88. The first-order chi connectivity index (χ1) is 5.16. The minimum atomic E-state index is -0.432. The van der Waals surface area contributed by atoms with Gasteiger partial charge in [0.2, 0.25) is 0 Å². The quantitative estimate of drug-likeness (QED) is 0.344. The molecular formula is C8H10O3. The molecule has 0 rings (SSSR count). The Bertz CT molecular complexity index is 201. The summed E-state index contributed by atoms with van der Waals surface area (Å²) >= 11 is 0. The predicted octanol–water partition coefficient (Wildman–Crippen LogP) is 0.861. The van der Waals surface area contributed by atoms with Crippen molar-refractivity contribution in [3.8, 4) is 0 Å². The van der Waals surface area contributed by atoms with Crippen molar-refractivity contribution in [2.75, 3.05) is 7.11 Å². The Morgan fingerprint density at radius 3 is 2.18 bits per heavy atom. The van der Waals surface area contributed by atoms with Gasteiger partial charge in [-0.3, -0.25) is 4.79 Å². The van der Waals surface area contributed by atoms with E-state index in [4.69, 9.17) is 0 Å². The van der Waals surface area contributed by atoms with Gasteiger partial charge in [0.25, 0.3) is 0 Å². The molecule has 11 heavy (non-hydrogen) atoms. The lowest BCUT2D eigenvalue weighted by Gasteiger charge is -1.85. The Morgan fingerprint density at radius 1 is 1.18 bits per heavy atom. The zero-order valence-corrected chi connectivity index (χ0v) is 6.53. The van der Waals surface area contributed by atoms with Gasteiger partial charge < -0.3 is 4.74 Å². The number of ketones is 1. The van der Waals surface area contributed by atoms with Crippen LogP contribution >= 0.6 is 0 Å². The molecule has 0 radical (unpaired) electrons. The lowest BCUT2D eigenvalue weighted by Crippen LogP contribution is -1.92. The van der Waals surface area contributed by atoms with Crippen LogP contribution in [0.3, 0.4) is 0 Å². The van der Waals surface area contributed by atoms with Gasteiger partial charge in [-0.2, -0.15) is 0 Å². The number of hydrogen-bond acceptors (Lipinski definition) is 3. The minimum Gasteiger partial charge on any atom is -0.466 e. The van der Waals surface area contributed by atoms with E-state index in [1.807, 2.05) is 0 Å². The maximum atomic E-state index is 10.4. The van der Waals surface area contributed by atoms with Crippen molar-refractivity contribution in [2.45, 2.75) is 6.92 Å². The smallest absolute Gasteiger partial charge is 0.330 e. The summed E-state index contributed by atoms with van der Waals surface area (Å²) in [5.74, 6) is -0.488. The largest absolute Gasteiger partial charge is 0.466 e. The van der Waals surface area contributed by atoms with Crippen LogP contribution in [-0.4, -0.2) is 18.9 Å². The van der Waals surface area contributed by atoms with Gasteiger partial charge >= 0.3 is 5.97 Å². The molecule has 0 N–H and O–H groups in total. The second-order valence-corrected chi connectivity index (χ2v) is 1.85. The molecule has 0 aromatic rings. The lowest BCUT2D eigenvalue weighted by molar-refractivity contribution is -0.134. The van der Waals surface area contributed by atoms with Crippen LogP contribution in [0.15, 0.2) is 24.3 Å². The molecule has 0 aromatic heterocycles. The monoisotopic (exact) mass is 154 g/mol. The predicted molar refractivity (Wildman–Crippen MR) is 41.0 cm³/mol. The summed E-state index contributed by atoms with van der Waals surface area (Å²) in [7, 11) is 1.29. The highest BCUT2D eigenvalue weighted by Gasteiger charge is 1.86. The number of carbonyl (C=O) groups excluding carboxylic acids is 2. The zero-order valence-electron chi connectivity index (χ0n) is 6.53. The summed E-state index contributed by atoms with van der Waals surface area (Å²) in [6.45, 7) is 1.43. The molecule has 0 atom stereocenters. The standard InChI is InChI=1S/C8H10O3/c1-7(9)5-3-4-6-8(10)11-2/h3-6H,1-2H3/b5-3+,6-4+. The Kier molecular flexibility index (Phi) is 4.73. The van der Waals surface area contributed by atoms with Crippen LogP contribution in [0.2, 0.25) is 0 Å². The molecule has 0 amide bonds. The van der Waals surface area contributed by atoms with Crippen molar-refractivity contribution in [3.63, 3.8) is 0 Å². The number of rotatable bonds is 3. The van der Waals surface area contributed by atoms with Crippen LogP contribution in [0, 0.1) is 0 Å². The molecule has 0 aliphatic rings. The van der Waals surface area contributed by atoms with Gasteiger partial charge in [-0.1, -0.05) is 12.2 Å². The summed E-state index contributed by atoms with van der Waals surface area (Å²) in [6, 6.07) is 0. The van der Waals surface area contributed by atoms with E-state index >= 15 is 0 Å². The summed E-state index contributed by atoms with van der Waals surface area (Å²) in [6.07, 6.45) is 5.53. The summed E-state index contributed by atoms with van der Waals surface area (Å²) in [5.41, 5.74) is 0. The second-order valence-electron chi connectivity index (χ2n) is 1.85. The molecular weight excluding hydrogens is 144 g/mol. The maximum Gasteiger partial charge on any atom is 0.330 e. The maximum absolute atomic E-state index is 10.4. The SMILES string of the molecule is COC(=O)/C=C/C=C/C(C)=O. The number of carbonyl (C=O) groups is 2. The van der Waals surface area contributed by atoms with Gasteiger partial charge in [0.05, 0.1) is 7.11 Å². The fourth-order valence-electron chi connectivity index (χ4n) is 0.393. The average molecular weight is 154 g/mol. The van der Waals surface area contributed by atoms with Crippen molar-refractivity contribution in [2.24, 2.45) is 0 Å². The highest BCUT2D eigenvalue weighted by Crippen LogP contribution is 1.81. The highest BCUT2D eigenvalue weighted by atomic mass is 16.5. The van der Waals surface area contributed by atoms with Crippen molar-refractivity contribution < 1.29 is 14.3 Å². The van der Waals surface area contributed by atoms with Gasteiger partial charge in [0.1, 0.15) is 0 Å². The topological polar surface area (TPSA) is 43.4 Å². The molecule has 0 fully saturated rings. The van der Waals surface area contributed by atoms with Crippen LogP contribution < -0.4 is 0 Å². The third-order valence-corrected chi connectivity index (χ3v) is 0.876. The Balaban J connectivity index is 3.77. The third-order valence-electron chi connectivity index (χ3n) is 0.876. The molecule has 0 aromatic carbocycles. The molecule has 0 heterocycles. The minimum absolute atomic E-state index is 0.0560. The molecule has 0 bridgehead atoms. The number of esters is 1. The zero-order chi connectivity index (χ0) is 8.69. The molecule has 3 heteroatoms. The van der Waals surface area contributed by atoms with Crippen LogP contribution in [-0.2, 0) is 14.3 Å². The van der Waals surface area contributed by atoms with Gasteiger partial charge in [-0.15, -0.1) is 0 Å². The fraction of sp³-hybridized carbons (Fsp3) is 0.250. The number of ether oxygens (including phenoxy) is 1. The molecule has 0 saturated heterocycles. The van der Waals surface area contributed by atoms with Crippen molar-refractivity contribution in [3.05, 3.63) is 24.3 Å². The van der Waals surface area contributed by atoms with Gasteiger partial charge in [0.15, 0.2) is 5.78 Å².